The lowest BCUT2D eigenvalue weighted by Gasteiger charge is -2.31. The average Bonchev–Trinajstić information content (AvgIpc) is 3.84. The fourth-order valence-corrected chi connectivity index (χ4v) is 7.42. The molecule has 0 aliphatic carbocycles. The highest BCUT2D eigenvalue weighted by molar-refractivity contribution is 5.99. The number of carboxylic acid groups (broad SMARTS) is 2. The van der Waals surface area contributed by atoms with Crippen molar-refractivity contribution in [3.63, 3.8) is 0 Å². The largest absolute Gasteiger partial charge is 0.508 e. The van der Waals surface area contributed by atoms with Crippen LogP contribution >= 0.6 is 0 Å². The minimum Gasteiger partial charge on any atom is -0.508 e. The molecule has 0 radical (unpaired) electrons. The van der Waals surface area contributed by atoms with Crippen LogP contribution in [0, 0.1) is 5.92 Å². The minimum absolute atomic E-state index is 0.0116. The number of hydrogen-bond donors (Lipinski definition) is 16. The molecule has 1 aliphatic rings. The van der Waals surface area contributed by atoms with Gasteiger partial charge in [-0.2, -0.15) is 0 Å². The van der Waals surface area contributed by atoms with Gasteiger partial charge in [0.25, 0.3) is 0 Å². The molecule has 1 aromatic rings. The first-order valence-corrected chi connectivity index (χ1v) is 23.9. The van der Waals surface area contributed by atoms with Crippen LogP contribution in [-0.4, -0.2) is 199 Å². The molecule has 1 aliphatic heterocycles. The monoisotopic (exact) mass is 1080 g/mol. The van der Waals surface area contributed by atoms with E-state index in [4.69, 9.17) is 10.8 Å². The number of aliphatic hydroxyl groups is 3. The zero-order valence-electron chi connectivity index (χ0n) is 42.6. The summed E-state index contributed by atoms with van der Waals surface area (Å²) in [5, 5.41) is 79.4. The van der Waals surface area contributed by atoms with Crippen molar-refractivity contribution in [3.05, 3.63) is 29.8 Å². The molecule has 30 nitrogen and oxygen atoms in total. The van der Waals surface area contributed by atoms with Crippen LogP contribution in [0.4, 0.5) is 0 Å². The van der Waals surface area contributed by atoms with E-state index < -0.39 is 182 Å². The Morgan fingerprint density at radius 1 is 0.605 bits per heavy atom. The predicted octanol–water partition coefficient (Wildman–Crippen LogP) is -6.81. The number of phenols is 1. The Morgan fingerprint density at radius 2 is 1.11 bits per heavy atom. The Bertz CT molecular complexity index is 2280. The number of primary amides is 1. The van der Waals surface area contributed by atoms with Crippen molar-refractivity contribution in [1.29, 1.82) is 0 Å². The highest BCUT2D eigenvalue weighted by Gasteiger charge is 2.41. The lowest BCUT2D eigenvalue weighted by molar-refractivity contribution is -0.144. The van der Waals surface area contributed by atoms with Gasteiger partial charge < -0.3 is 89.1 Å². The number of nitrogens with two attached hydrogens (primary N) is 1. The molecule has 11 atom stereocenters. The topological polar surface area (TPSA) is 481 Å². The van der Waals surface area contributed by atoms with E-state index in [1.807, 2.05) is 0 Å². The summed E-state index contributed by atoms with van der Waals surface area (Å²) in [6.45, 7) is 5.31. The van der Waals surface area contributed by atoms with Crippen LogP contribution in [0.5, 0.6) is 5.75 Å². The van der Waals surface area contributed by atoms with E-state index in [-0.39, 0.29) is 31.6 Å². The summed E-state index contributed by atoms with van der Waals surface area (Å²) in [5.74, 6) is -14.8. The van der Waals surface area contributed by atoms with Gasteiger partial charge in [-0.25, -0.2) is 0 Å². The Labute approximate surface area is 435 Å². The third-order valence-corrected chi connectivity index (χ3v) is 11.7. The van der Waals surface area contributed by atoms with Crippen LogP contribution in [0.3, 0.4) is 0 Å². The predicted molar refractivity (Wildman–Crippen MR) is 260 cm³/mol. The van der Waals surface area contributed by atoms with E-state index in [1.54, 1.807) is 0 Å². The molecule has 0 saturated carbocycles. The molecule has 1 aromatic carbocycles. The third kappa shape index (κ3) is 20.4. The first kappa shape index (κ1) is 64.1. The van der Waals surface area contributed by atoms with Crippen molar-refractivity contribution in [2.75, 3.05) is 19.8 Å². The van der Waals surface area contributed by atoms with Crippen molar-refractivity contribution in [1.82, 2.24) is 52.8 Å². The van der Waals surface area contributed by atoms with Gasteiger partial charge in [0.2, 0.25) is 65.0 Å². The van der Waals surface area contributed by atoms with Gasteiger partial charge in [0.1, 0.15) is 66.2 Å². The fourth-order valence-electron chi connectivity index (χ4n) is 7.42. The number of carbonyl (C=O) groups is 13. The van der Waals surface area contributed by atoms with Gasteiger partial charge in [0.15, 0.2) is 0 Å². The molecule has 2 rings (SSSR count). The number of rotatable bonds is 30. The standard InChI is InChI=1S/C46H69N11O19/c1-20(2)35(55-38(68)22(4)49-39(69)29(17-34(65)66)50-24(6)61)44(74)51-27(13-14-33(63)64)46(76)57-15-7-8-32(57)43(73)52-28(16-25-9-11-26(62)12-10-25)40(70)53-30(18-58)41(71)54-31(19-59)42(72)56-36(23(5)60)45(75)48-21(3)37(47)67/h9-12,20-23,27-32,35-36,58-60,62H,7-8,13-19H2,1-6H3,(H2,47,67)(H,48,75)(H,49,69)(H,50,61)(H,51,74)(H,52,73)(H,53,70)(H,54,71)(H,55,68)(H,56,72)(H,63,64)(H,65,66)/t21-,22-,23+,27-,28-,29-,30-,31-,32-,35-,36-/m0/s1. The lowest BCUT2D eigenvalue weighted by Crippen LogP contribution is -2.62. The second-order valence-electron chi connectivity index (χ2n) is 18.3. The van der Waals surface area contributed by atoms with Crippen LogP contribution in [0.25, 0.3) is 0 Å². The van der Waals surface area contributed by atoms with Gasteiger partial charge in [0, 0.05) is 26.3 Å². The quantitative estimate of drug-likeness (QED) is 0.0340. The summed E-state index contributed by atoms with van der Waals surface area (Å²) in [4.78, 5) is 169. The molecule has 1 saturated heterocycles. The number of aliphatic hydroxyl groups excluding tert-OH is 3. The number of aliphatic carboxylic acids is 2. The van der Waals surface area contributed by atoms with E-state index in [0.717, 1.165) is 18.7 Å². The van der Waals surface area contributed by atoms with E-state index in [1.165, 1.54) is 52.0 Å². The number of carbonyl (C=O) groups excluding carboxylic acids is 11. The Hall–Kier alpha value is -7.99. The number of carboxylic acids is 2. The van der Waals surface area contributed by atoms with Gasteiger partial charge in [-0.1, -0.05) is 26.0 Å². The van der Waals surface area contributed by atoms with E-state index in [9.17, 15) is 87.9 Å². The minimum atomic E-state index is -1.88. The molecule has 0 bridgehead atoms. The van der Waals surface area contributed by atoms with E-state index in [2.05, 4.69) is 47.9 Å². The highest BCUT2D eigenvalue weighted by Crippen LogP contribution is 2.21. The number of nitrogens with zero attached hydrogens (tertiary/aromatic N) is 1. The van der Waals surface area contributed by atoms with E-state index in [0.29, 0.717) is 5.56 Å². The van der Waals surface area contributed by atoms with Gasteiger partial charge in [-0.05, 0) is 63.6 Å². The van der Waals surface area contributed by atoms with Gasteiger partial charge >= 0.3 is 11.9 Å². The molecular formula is C46H69N11O19. The number of hydrogen-bond acceptors (Lipinski definition) is 17. The van der Waals surface area contributed by atoms with Crippen molar-refractivity contribution in [2.24, 2.45) is 11.7 Å². The molecule has 30 heteroatoms. The second-order valence-corrected chi connectivity index (χ2v) is 18.3. The van der Waals surface area contributed by atoms with Crippen molar-refractivity contribution < 1.29 is 93.0 Å². The lowest BCUT2D eigenvalue weighted by atomic mass is 10.0. The molecule has 0 spiro atoms. The molecule has 1 fully saturated rings. The normalized spacial score (nSPS) is 17.0. The third-order valence-electron chi connectivity index (χ3n) is 11.7. The maximum atomic E-state index is 14.3. The number of amides is 11. The smallest absolute Gasteiger partial charge is 0.305 e. The average molecular weight is 1080 g/mol. The van der Waals surface area contributed by atoms with Gasteiger partial charge in [-0.15, -0.1) is 0 Å². The zero-order valence-corrected chi connectivity index (χ0v) is 42.6. The molecule has 76 heavy (non-hydrogen) atoms. The van der Waals surface area contributed by atoms with Crippen LogP contribution in [0.15, 0.2) is 24.3 Å². The van der Waals surface area contributed by atoms with E-state index >= 15 is 0 Å². The summed E-state index contributed by atoms with van der Waals surface area (Å²) >= 11 is 0. The van der Waals surface area contributed by atoms with Crippen LogP contribution in [0.2, 0.25) is 0 Å². The summed E-state index contributed by atoms with van der Waals surface area (Å²) in [7, 11) is 0. The number of nitrogens with one attached hydrogen (secondary N) is 9. The molecule has 11 amide bonds. The number of benzene rings is 1. The molecule has 0 unspecified atom stereocenters. The maximum Gasteiger partial charge on any atom is 0.305 e. The number of aromatic hydroxyl groups is 1. The number of likely N-dealkylation sites (tertiary alicyclic amines) is 1. The van der Waals surface area contributed by atoms with Crippen LogP contribution in [0.1, 0.15) is 79.2 Å². The summed E-state index contributed by atoms with van der Waals surface area (Å²) in [6, 6.07) is -10.3. The highest BCUT2D eigenvalue weighted by atomic mass is 16.4. The first-order chi connectivity index (χ1) is 35.5. The van der Waals surface area contributed by atoms with Crippen molar-refractivity contribution in [3.8, 4) is 5.75 Å². The van der Waals surface area contributed by atoms with Crippen molar-refractivity contribution >= 4 is 76.9 Å². The summed E-state index contributed by atoms with van der Waals surface area (Å²) < 4.78 is 0. The Kier molecular flexibility index (Phi) is 25.6. The van der Waals surface area contributed by atoms with Gasteiger partial charge in [-0.3, -0.25) is 62.3 Å². The maximum absolute atomic E-state index is 14.3. The molecule has 17 N–H and O–H groups in total. The molecule has 0 aromatic heterocycles. The number of phenolic OH excluding ortho intramolecular Hbond substituents is 1. The SMILES string of the molecule is CC(=O)N[C@@H](CC(=O)O)C(=O)N[C@@H](C)C(=O)N[C@H](C(=O)N[C@@H](CCC(=O)O)C(=O)N1CCC[C@H]1C(=O)N[C@@H](Cc1ccc(O)cc1)C(=O)N[C@@H](CO)C(=O)N[C@@H](CO)C(=O)N[C@H](C(=O)N[C@@H](C)C(N)=O)[C@@H](C)O)C(C)C. The fraction of sp³-hybridized carbons (Fsp3) is 0.587. The zero-order chi connectivity index (χ0) is 57.7. The molecular weight excluding hydrogens is 1010 g/mol. The van der Waals surface area contributed by atoms with Crippen LogP contribution in [-0.2, 0) is 68.7 Å². The second kappa shape index (κ2) is 30.4. The molecule has 1 heterocycles. The summed E-state index contributed by atoms with van der Waals surface area (Å²) in [5.41, 5.74) is 5.50. The Morgan fingerprint density at radius 3 is 1.61 bits per heavy atom. The summed E-state index contributed by atoms with van der Waals surface area (Å²) in [6.07, 6.45) is -3.71. The van der Waals surface area contributed by atoms with Crippen molar-refractivity contribution in [2.45, 2.75) is 147 Å². The first-order valence-electron chi connectivity index (χ1n) is 23.9. The Balaban J connectivity index is 2.35. The molecule has 422 valence electrons. The van der Waals surface area contributed by atoms with Crippen LogP contribution < -0.4 is 53.6 Å². The van der Waals surface area contributed by atoms with Gasteiger partial charge in [0.05, 0.1) is 25.7 Å².